The number of anilines is 1. The van der Waals surface area contributed by atoms with Gasteiger partial charge in [-0.15, -0.1) is 0 Å². The van der Waals surface area contributed by atoms with E-state index < -0.39 is 0 Å². The van der Waals surface area contributed by atoms with Crippen molar-refractivity contribution in [3.63, 3.8) is 0 Å². The Morgan fingerprint density at radius 1 is 0.875 bits per heavy atom. The molecule has 2 N–H and O–H groups in total. The zero-order valence-corrected chi connectivity index (χ0v) is 13.7. The number of hydrogen-bond donors (Lipinski definition) is 2. The van der Waals surface area contributed by atoms with Crippen LogP contribution in [0.15, 0.2) is 72.8 Å². The maximum absolute atomic E-state index is 9.89. The van der Waals surface area contributed by atoms with Crippen molar-refractivity contribution in [1.29, 1.82) is 0 Å². The molecule has 2 nitrogen and oxygen atoms in total. The van der Waals surface area contributed by atoms with Gasteiger partial charge in [-0.2, -0.15) is 0 Å². The summed E-state index contributed by atoms with van der Waals surface area (Å²) in [5.74, 6) is 0.0741. The first-order valence-corrected chi connectivity index (χ1v) is 8.43. The van der Waals surface area contributed by atoms with Gasteiger partial charge in [0.25, 0.3) is 0 Å². The molecular weight excluding hydrogens is 294 g/mol. The lowest BCUT2D eigenvalue weighted by atomic mass is 9.97. The van der Waals surface area contributed by atoms with E-state index in [1.165, 1.54) is 27.8 Å². The number of benzene rings is 3. The molecule has 0 aromatic heterocycles. The molecule has 3 aromatic carbocycles. The second-order valence-corrected chi connectivity index (χ2v) is 6.40. The molecule has 0 saturated heterocycles. The van der Waals surface area contributed by atoms with Gasteiger partial charge >= 0.3 is 0 Å². The van der Waals surface area contributed by atoms with Crippen molar-refractivity contribution >= 4 is 5.69 Å². The van der Waals surface area contributed by atoms with Crippen LogP contribution >= 0.6 is 0 Å². The number of aliphatic hydroxyl groups excluding tert-OH is 1. The lowest BCUT2D eigenvalue weighted by Crippen LogP contribution is -2.07. The van der Waals surface area contributed by atoms with Crippen LogP contribution < -0.4 is 5.32 Å². The summed E-state index contributed by atoms with van der Waals surface area (Å²) in [5, 5.41) is 13.5. The topological polar surface area (TPSA) is 32.3 Å². The van der Waals surface area contributed by atoms with Gasteiger partial charge in [0.2, 0.25) is 0 Å². The molecule has 3 aromatic rings. The van der Waals surface area contributed by atoms with Crippen LogP contribution in [-0.4, -0.2) is 11.7 Å². The molecule has 0 radical (unpaired) electrons. The van der Waals surface area contributed by atoms with E-state index >= 15 is 0 Å². The maximum atomic E-state index is 9.89. The van der Waals surface area contributed by atoms with Gasteiger partial charge in [-0.05, 0) is 46.9 Å². The lowest BCUT2D eigenvalue weighted by Gasteiger charge is -2.17. The van der Waals surface area contributed by atoms with Gasteiger partial charge in [0.15, 0.2) is 0 Å². The van der Waals surface area contributed by atoms with E-state index in [4.69, 9.17) is 0 Å². The van der Waals surface area contributed by atoms with E-state index in [1.54, 1.807) is 0 Å². The second-order valence-electron chi connectivity index (χ2n) is 6.40. The third-order valence-corrected chi connectivity index (χ3v) is 4.92. The molecule has 0 fully saturated rings. The molecule has 0 bridgehead atoms. The largest absolute Gasteiger partial charge is 0.395 e. The molecule has 0 amide bonds. The van der Waals surface area contributed by atoms with Crippen molar-refractivity contribution in [2.24, 2.45) is 0 Å². The molecule has 120 valence electrons. The molecule has 4 rings (SSSR count). The second kappa shape index (κ2) is 6.14. The molecule has 0 saturated carbocycles. The van der Waals surface area contributed by atoms with Crippen molar-refractivity contribution in [2.75, 3.05) is 11.9 Å². The van der Waals surface area contributed by atoms with Crippen molar-refractivity contribution < 1.29 is 5.11 Å². The van der Waals surface area contributed by atoms with Gasteiger partial charge in [0, 0.05) is 17.6 Å². The summed E-state index contributed by atoms with van der Waals surface area (Å²) in [5.41, 5.74) is 7.28. The summed E-state index contributed by atoms with van der Waals surface area (Å²) < 4.78 is 0. The minimum Gasteiger partial charge on any atom is -0.395 e. The normalized spacial score (nSPS) is 16.3. The predicted molar refractivity (Wildman–Crippen MR) is 99.3 cm³/mol. The Hall–Kier alpha value is -2.58. The van der Waals surface area contributed by atoms with Crippen molar-refractivity contribution in [3.8, 4) is 11.1 Å². The Bertz CT molecular complexity index is 857. The zero-order chi connectivity index (χ0) is 16.5. The first kappa shape index (κ1) is 15.0. The zero-order valence-electron chi connectivity index (χ0n) is 13.7. The summed E-state index contributed by atoms with van der Waals surface area (Å²) in [6.45, 7) is 2.31. The molecule has 24 heavy (non-hydrogen) atoms. The number of rotatable bonds is 4. The van der Waals surface area contributed by atoms with Gasteiger partial charge in [-0.3, -0.25) is 0 Å². The van der Waals surface area contributed by atoms with Crippen LogP contribution in [0.2, 0.25) is 0 Å². The molecule has 0 spiro atoms. The quantitative estimate of drug-likeness (QED) is 0.713. The molecule has 1 aliphatic carbocycles. The van der Waals surface area contributed by atoms with Crippen molar-refractivity contribution in [2.45, 2.75) is 18.9 Å². The standard InChI is InChI=1S/C22H21NO/c1-15(16-7-3-2-4-8-16)23-17-11-12-20-18-9-5-6-10-19(18)22(14-24)21(20)13-17/h2-13,15,22-24H,14H2,1H3/t15-,22?/m1/s1. The molecular formula is C22H21NO. The van der Waals surface area contributed by atoms with Crippen LogP contribution in [0.5, 0.6) is 0 Å². The van der Waals surface area contributed by atoms with Crippen LogP contribution in [-0.2, 0) is 0 Å². The average Bonchev–Trinajstić information content (AvgIpc) is 2.95. The fourth-order valence-corrected chi connectivity index (χ4v) is 3.67. The number of aliphatic hydroxyl groups is 1. The van der Waals surface area contributed by atoms with Gasteiger partial charge in [0.05, 0.1) is 6.61 Å². The predicted octanol–water partition coefficient (Wildman–Crippen LogP) is 4.96. The Labute approximate surface area is 142 Å². The van der Waals surface area contributed by atoms with Gasteiger partial charge in [0.1, 0.15) is 0 Å². The summed E-state index contributed by atoms with van der Waals surface area (Å²) >= 11 is 0. The minimum absolute atomic E-state index is 0.0741. The van der Waals surface area contributed by atoms with E-state index in [2.05, 4.69) is 72.9 Å². The van der Waals surface area contributed by atoms with Gasteiger partial charge < -0.3 is 10.4 Å². The highest BCUT2D eigenvalue weighted by molar-refractivity contribution is 5.80. The summed E-state index contributed by atoms with van der Waals surface area (Å²) in [6.07, 6.45) is 0. The monoisotopic (exact) mass is 315 g/mol. The van der Waals surface area contributed by atoms with E-state index in [-0.39, 0.29) is 18.6 Å². The van der Waals surface area contributed by atoms with Crippen LogP contribution in [0, 0.1) is 0 Å². The Kier molecular flexibility index (Phi) is 3.83. The molecule has 2 heteroatoms. The van der Waals surface area contributed by atoms with Crippen molar-refractivity contribution in [3.05, 3.63) is 89.5 Å². The molecule has 1 aliphatic rings. The van der Waals surface area contributed by atoms with Crippen LogP contribution in [0.1, 0.15) is 35.6 Å². The SMILES string of the molecule is C[C@@H](Nc1ccc2c(c1)C(CO)c1ccccc1-2)c1ccccc1. The van der Waals surface area contributed by atoms with E-state index in [0.29, 0.717) is 0 Å². The fourth-order valence-electron chi connectivity index (χ4n) is 3.67. The fraction of sp³-hybridized carbons (Fsp3) is 0.182. The maximum Gasteiger partial charge on any atom is 0.0540 e. The van der Waals surface area contributed by atoms with Crippen LogP contribution in [0.25, 0.3) is 11.1 Å². The third-order valence-electron chi connectivity index (χ3n) is 4.92. The molecule has 1 unspecified atom stereocenters. The highest BCUT2D eigenvalue weighted by Crippen LogP contribution is 2.45. The van der Waals surface area contributed by atoms with Gasteiger partial charge in [-0.1, -0.05) is 60.7 Å². The minimum atomic E-state index is 0.0741. The Morgan fingerprint density at radius 3 is 2.38 bits per heavy atom. The van der Waals surface area contributed by atoms with E-state index in [1.807, 2.05) is 12.1 Å². The third kappa shape index (κ3) is 2.49. The average molecular weight is 315 g/mol. The molecule has 0 heterocycles. The number of hydrogen-bond acceptors (Lipinski definition) is 2. The molecule has 0 aliphatic heterocycles. The van der Waals surface area contributed by atoms with Crippen LogP contribution in [0.4, 0.5) is 5.69 Å². The summed E-state index contributed by atoms with van der Waals surface area (Å²) in [6, 6.07) is 25.5. The lowest BCUT2D eigenvalue weighted by molar-refractivity contribution is 0.282. The number of fused-ring (bicyclic) bond motifs is 3. The van der Waals surface area contributed by atoms with Crippen molar-refractivity contribution in [1.82, 2.24) is 0 Å². The first-order valence-electron chi connectivity index (χ1n) is 8.43. The van der Waals surface area contributed by atoms with Gasteiger partial charge in [-0.25, -0.2) is 0 Å². The van der Waals surface area contributed by atoms with E-state index in [9.17, 15) is 5.11 Å². The Morgan fingerprint density at radius 2 is 1.58 bits per heavy atom. The highest BCUT2D eigenvalue weighted by Gasteiger charge is 2.27. The number of nitrogens with one attached hydrogen (secondary N) is 1. The summed E-state index contributed by atoms with van der Waals surface area (Å²) in [7, 11) is 0. The van der Waals surface area contributed by atoms with E-state index in [0.717, 1.165) is 5.69 Å². The molecule has 2 atom stereocenters. The highest BCUT2D eigenvalue weighted by atomic mass is 16.3. The Balaban J connectivity index is 1.66. The summed E-state index contributed by atoms with van der Waals surface area (Å²) in [4.78, 5) is 0. The first-order chi connectivity index (χ1) is 11.8. The van der Waals surface area contributed by atoms with Crippen LogP contribution in [0.3, 0.4) is 0 Å². The smallest absolute Gasteiger partial charge is 0.0540 e.